The van der Waals surface area contributed by atoms with E-state index in [9.17, 15) is 4.79 Å². The summed E-state index contributed by atoms with van der Waals surface area (Å²) >= 11 is 0. The fourth-order valence-electron chi connectivity index (χ4n) is 2.39. The molecule has 19 heavy (non-hydrogen) atoms. The summed E-state index contributed by atoms with van der Waals surface area (Å²) < 4.78 is 0. The Labute approximate surface area is 115 Å². The molecule has 1 heterocycles. The lowest BCUT2D eigenvalue weighted by molar-refractivity contribution is 0.0737. The first-order chi connectivity index (χ1) is 9.13. The van der Waals surface area contributed by atoms with Crippen molar-refractivity contribution in [3.63, 3.8) is 0 Å². The number of hydrogen-bond acceptors (Lipinski definition) is 3. The molecule has 0 radical (unpaired) electrons. The highest BCUT2D eigenvalue weighted by Crippen LogP contribution is 2.26. The number of hydrogen-bond donors (Lipinski definition) is 2. The van der Waals surface area contributed by atoms with E-state index in [0.29, 0.717) is 0 Å². The van der Waals surface area contributed by atoms with Crippen LogP contribution >= 0.6 is 0 Å². The summed E-state index contributed by atoms with van der Waals surface area (Å²) in [6.07, 6.45) is 2.13. The maximum Gasteiger partial charge on any atom is 0.253 e. The zero-order chi connectivity index (χ0) is 13.8. The van der Waals surface area contributed by atoms with Gasteiger partial charge in [0.2, 0.25) is 0 Å². The van der Waals surface area contributed by atoms with Gasteiger partial charge in [-0.1, -0.05) is 13.3 Å². The van der Waals surface area contributed by atoms with Crippen LogP contribution in [0.2, 0.25) is 0 Å². The topological polar surface area (TPSA) is 44.4 Å². The third-order valence-corrected chi connectivity index (χ3v) is 3.71. The second-order valence-electron chi connectivity index (χ2n) is 5.17. The van der Waals surface area contributed by atoms with E-state index >= 15 is 0 Å². The Kier molecular flexibility index (Phi) is 4.30. The van der Waals surface area contributed by atoms with Crippen molar-refractivity contribution >= 4 is 17.3 Å². The second kappa shape index (κ2) is 5.95. The molecule has 4 heteroatoms. The molecule has 0 spiro atoms. The van der Waals surface area contributed by atoms with Gasteiger partial charge in [0.15, 0.2) is 0 Å². The quantitative estimate of drug-likeness (QED) is 0.876. The predicted octanol–water partition coefficient (Wildman–Crippen LogP) is 2.78. The number of benzene rings is 1. The highest BCUT2D eigenvalue weighted by atomic mass is 16.2. The second-order valence-corrected chi connectivity index (χ2v) is 5.17. The number of carbonyl (C=O) groups is 1. The number of anilines is 2. The van der Waals surface area contributed by atoms with Crippen molar-refractivity contribution in [1.29, 1.82) is 0 Å². The smallest absolute Gasteiger partial charge is 0.253 e. The van der Waals surface area contributed by atoms with E-state index in [1.807, 2.05) is 30.1 Å². The number of fused-ring (bicyclic) bond motifs is 1. The average molecular weight is 261 g/mol. The summed E-state index contributed by atoms with van der Waals surface area (Å²) in [6, 6.07) is 6.10. The number of carbonyl (C=O) groups excluding carboxylic acids is 1. The first-order valence-electron chi connectivity index (χ1n) is 7.02. The largest absolute Gasteiger partial charge is 0.382 e. The predicted molar refractivity (Wildman–Crippen MR) is 79.9 cm³/mol. The van der Waals surface area contributed by atoms with Crippen LogP contribution in [-0.4, -0.2) is 37.0 Å². The zero-order valence-corrected chi connectivity index (χ0v) is 12.0. The molecule has 1 unspecified atom stereocenters. The summed E-state index contributed by atoms with van der Waals surface area (Å²) in [4.78, 5) is 14.3. The molecule has 2 N–H and O–H groups in total. The Morgan fingerprint density at radius 2 is 2.00 bits per heavy atom. The van der Waals surface area contributed by atoms with Gasteiger partial charge in [-0.25, -0.2) is 0 Å². The van der Waals surface area contributed by atoms with E-state index in [-0.39, 0.29) is 11.9 Å². The highest BCUT2D eigenvalue weighted by Gasteiger charge is 2.18. The maximum atomic E-state index is 12.4. The van der Waals surface area contributed by atoms with Crippen LogP contribution in [0.1, 0.15) is 37.0 Å². The van der Waals surface area contributed by atoms with Gasteiger partial charge in [-0.3, -0.25) is 4.79 Å². The number of nitrogens with zero attached hydrogens (tertiary/aromatic N) is 1. The van der Waals surface area contributed by atoms with Crippen LogP contribution in [0.3, 0.4) is 0 Å². The lowest BCUT2D eigenvalue weighted by atomic mass is 10.1. The van der Waals surface area contributed by atoms with Crippen molar-refractivity contribution in [2.24, 2.45) is 0 Å². The molecule has 2 rings (SSSR count). The van der Waals surface area contributed by atoms with Crippen LogP contribution in [-0.2, 0) is 0 Å². The fraction of sp³-hybridized carbons (Fsp3) is 0.533. The molecular weight excluding hydrogens is 238 g/mol. The van der Waals surface area contributed by atoms with Gasteiger partial charge < -0.3 is 15.5 Å². The van der Waals surface area contributed by atoms with Gasteiger partial charge in [-0.15, -0.1) is 0 Å². The van der Waals surface area contributed by atoms with Crippen molar-refractivity contribution in [2.75, 3.05) is 30.8 Å². The monoisotopic (exact) mass is 261 g/mol. The Morgan fingerprint density at radius 3 is 2.68 bits per heavy atom. The summed E-state index contributed by atoms with van der Waals surface area (Å²) in [5, 5.41) is 6.63. The van der Waals surface area contributed by atoms with Crippen LogP contribution in [0.4, 0.5) is 11.4 Å². The molecule has 0 saturated heterocycles. The SMILES string of the molecule is CCCC(C)N(C)C(=O)c1ccc2c(c1)NCCN2. The van der Waals surface area contributed by atoms with Crippen molar-refractivity contribution in [1.82, 2.24) is 4.90 Å². The van der Waals surface area contributed by atoms with Crippen molar-refractivity contribution in [2.45, 2.75) is 32.7 Å². The van der Waals surface area contributed by atoms with E-state index in [1.54, 1.807) is 0 Å². The number of nitrogens with one attached hydrogen (secondary N) is 2. The third-order valence-electron chi connectivity index (χ3n) is 3.71. The van der Waals surface area contributed by atoms with E-state index in [2.05, 4.69) is 24.5 Å². The Balaban J connectivity index is 2.15. The highest BCUT2D eigenvalue weighted by molar-refractivity contribution is 5.96. The minimum Gasteiger partial charge on any atom is -0.382 e. The summed E-state index contributed by atoms with van der Waals surface area (Å²) in [7, 11) is 1.88. The molecule has 0 aromatic heterocycles. The van der Waals surface area contributed by atoms with Crippen LogP contribution in [0.25, 0.3) is 0 Å². The van der Waals surface area contributed by atoms with E-state index in [0.717, 1.165) is 42.9 Å². The molecule has 1 aromatic rings. The zero-order valence-electron chi connectivity index (χ0n) is 12.0. The fourth-order valence-corrected chi connectivity index (χ4v) is 2.39. The van der Waals surface area contributed by atoms with Gasteiger partial charge in [0.05, 0.1) is 11.4 Å². The van der Waals surface area contributed by atoms with Crippen LogP contribution in [0.5, 0.6) is 0 Å². The molecule has 4 nitrogen and oxygen atoms in total. The van der Waals surface area contributed by atoms with E-state index in [1.165, 1.54) is 0 Å². The average Bonchev–Trinajstić information content (AvgIpc) is 2.45. The normalized spacial score (nSPS) is 14.9. The Morgan fingerprint density at radius 1 is 1.32 bits per heavy atom. The molecule has 1 aliphatic heterocycles. The van der Waals surface area contributed by atoms with Crippen molar-refractivity contribution in [3.05, 3.63) is 23.8 Å². The van der Waals surface area contributed by atoms with Gasteiger partial charge >= 0.3 is 0 Å². The molecule has 0 fully saturated rings. The first kappa shape index (κ1) is 13.7. The Bertz CT molecular complexity index is 459. The summed E-state index contributed by atoms with van der Waals surface area (Å²) in [5.41, 5.74) is 2.85. The molecule has 0 saturated carbocycles. The van der Waals surface area contributed by atoms with Gasteiger partial charge in [-0.2, -0.15) is 0 Å². The standard InChI is InChI=1S/C15H23N3O/c1-4-5-11(2)18(3)15(19)12-6-7-13-14(10-12)17-9-8-16-13/h6-7,10-11,16-17H,4-5,8-9H2,1-3H3. The van der Waals surface area contributed by atoms with Crippen LogP contribution in [0.15, 0.2) is 18.2 Å². The molecule has 1 aliphatic rings. The van der Waals surface area contributed by atoms with E-state index < -0.39 is 0 Å². The molecule has 0 aliphatic carbocycles. The molecule has 104 valence electrons. The third kappa shape index (κ3) is 3.00. The first-order valence-corrected chi connectivity index (χ1v) is 7.02. The minimum atomic E-state index is 0.0936. The van der Waals surface area contributed by atoms with Crippen LogP contribution in [0, 0.1) is 0 Å². The lowest BCUT2D eigenvalue weighted by Crippen LogP contribution is -2.35. The molecule has 1 amide bonds. The molecule has 1 atom stereocenters. The van der Waals surface area contributed by atoms with Gasteiger partial charge in [0.1, 0.15) is 0 Å². The number of amides is 1. The summed E-state index contributed by atoms with van der Waals surface area (Å²) in [5.74, 6) is 0.0936. The molecule has 1 aromatic carbocycles. The molecule has 0 bridgehead atoms. The van der Waals surface area contributed by atoms with Gasteiger partial charge in [0.25, 0.3) is 5.91 Å². The molecular formula is C15H23N3O. The van der Waals surface area contributed by atoms with Gasteiger partial charge in [-0.05, 0) is 31.5 Å². The van der Waals surface area contributed by atoms with Crippen molar-refractivity contribution in [3.8, 4) is 0 Å². The summed E-state index contributed by atoms with van der Waals surface area (Å²) in [6.45, 7) is 6.06. The lowest BCUT2D eigenvalue weighted by Gasteiger charge is -2.26. The van der Waals surface area contributed by atoms with Crippen molar-refractivity contribution < 1.29 is 4.79 Å². The van der Waals surface area contributed by atoms with Gasteiger partial charge in [0, 0.05) is 31.7 Å². The Hall–Kier alpha value is -1.71. The van der Waals surface area contributed by atoms with Crippen LogP contribution < -0.4 is 10.6 Å². The van der Waals surface area contributed by atoms with E-state index in [4.69, 9.17) is 0 Å². The minimum absolute atomic E-state index is 0.0936. The maximum absolute atomic E-state index is 12.4. The number of rotatable bonds is 4.